The number of methoxy groups -OCH3 is 1. The lowest BCUT2D eigenvalue weighted by molar-refractivity contribution is 0.409. The molecule has 2 nitrogen and oxygen atoms in total. The molecule has 4 heteroatoms. The van der Waals surface area contributed by atoms with Gasteiger partial charge in [0.1, 0.15) is 5.75 Å². The predicted molar refractivity (Wildman–Crippen MR) is 60.6 cm³/mol. The van der Waals surface area contributed by atoms with Crippen molar-refractivity contribution in [2.45, 2.75) is 13.5 Å². The molecule has 0 aliphatic carbocycles. The minimum Gasteiger partial charge on any atom is -0.496 e. The van der Waals surface area contributed by atoms with Crippen molar-refractivity contribution in [3.05, 3.63) is 27.7 Å². The highest BCUT2D eigenvalue weighted by atomic mass is 79.9. The van der Waals surface area contributed by atoms with Gasteiger partial charge in [0.2, 0.25) is 0 Å². The van der Waals surface area contributed by atoms with Crippen molar-refractivity contribution < 1.29 is 4.74 Å². The van der Waals surface area contributed by atoms with Gasteiger partial charge in [-0.3, -0.25) is 0 Å². The molecular formula is C9H13BrClNO. The fourth-order valence-corrected chi connectivity index (χ4v) is 1.39. The van der Waals surface area contributed by atoms with Crippen molar-refractivity contribution in [1.82, 2.24) is 0 Å². The Kier molecular flexibility index (Phi) is 5.37. The second-order valence-electron chi connectivity index (χ2n) is 2.62. The van der Waals surface area contributed by atoms with E-state index < -0.39 is 0 Å². The van der Waals surface area contributed by atoms with E-state index >= 15 is 0 Å². The topological polar surface area (TPSA) is 35.2 Å². The largest absolute Gasteiger partial charge is 0.496 e. The Balaban J connectivity index is 0.00000144. The highest BCUT2D eigenvalue weighted by Gasteiger charge is 2.04. The smallest absolute Gasteiger partial charge is 0.124 e. The quantitative estimate of drug-likeness (QED) is 0.893. The molecule has 1 aromatic rings. The summed E-state index contributed by atoms with van der Waals surface area (Å²) in [5, 5.41) is 0. The Bertz CT molecular complexity index is 262. The van der Waals surface area contributed by atoms with Crippen LogP contribution >= 0.6 is 28.3 Å². The van der Waals surface area contributed by atoms with Gasteiger partial charge in [0.05, 0.1) is 7.11 Å². The van der Waals surface area contributed by atoms with Gasteiger partial charge in [-0.05, 0) is 24.6 Å². The van der Waals surface area contributed by atoms with Crippen molar-refractivity contribution >= 4 is 28.3 Å². The fourth-order valence-electron chi connectivity index (χ4n) is 1.07. The van der Waals surface area contributed by atoms with Crippen LogP contribution in [0, 0.1) is 6.92 Å². The molecule has 0 unspecified atom stereocenters. The molecule has 0 bridgehead atoms. The summed E-state index contributed by atoms with van der Waals surface area (Å²) < 4.78 is 6.21. The zero-order chi connectivity index (χ0) is 9.14. The zero-order valence-corrected chi connectivity index (χ0v) is 10.0. The van der Waals surface area contributed by atoms with Crippen LogP contribution in [0.15, 0.2) is 16.6 Å². The van der Waals surface area contributed by atoms with E-state index in [9.17, 15) is 0 Å². The van der Waals surface area contributed by atoms with E-state index in [1.165, 1.54) is 5.56 Å². The third-order valence-corrected chi connectivity index (χ3v) is 2.64. The van der Waals surface area contributed by atoms with Gasteiger partial charge < -0.3 is 10.5 Å². The van der Waals surface area contributed by atoms with E-state index in [0.717, 1.165) is 15.8 Å². The molecule has 0 aliphatic rings. The molecular weight excluding hydrogens is 253 g/mol. The highest BCUT2D eigenvalue weighted by molar-refractivity contribution is 9.10. The van der Waals surface area contributed by atoms with Crippen molar-refractivity contribution in [1.29, 1.82) is 0 Å². The van der Waals surface area contributed by atoms with Crippen LogP contribution in [-0.2, 0) is 6.54 Å². The molecule has 13 heavy (non-hydrogen) atoms. The summed E-state index contributed by atoms with van der Waals surface area (Å²) in [7, 11) is 1.65. The first-order valence-corrected chi connectivity index (χ1v) is 4.51. The van der Waals surface area contributed by atoms with E-state index in [0.29, 0.717) is 6.54 Å². The van der Waals surface area contributed by atoms with Crippen LogP contribution in [0.5, 0.6) is 5.75 Å². The summed E-state index contributed by atoms with van der Waals surface area (Å²) in [6, 6.07) is 3.97. The normalized spacial score (nSPS) is 9.23. The monoisotopic (exact) mass is 265 g/mol. The number of aryl methyl sites for hydroxylation is 1. The number of halogens is 2. The van der Waals surface area contributed by atoms with Gasteiger partial charge in [-0.2, -0.15) is 0 Å². The fraction of sp³-hybridized carbons (Fsp3) is 0.333. The Hall–Kier alpha value is -0.250. The second-order valence-corrected chi connectivity index (χ2v) is 3.47. The number of hydrogen-bond donors (Lipinski definition) is 1. The van der Waals surface area contributed by atoms with Crippen LogP contribution in [0.1, 0.15) is 11.1 Å². The molecule has 0 heterocycles. The van der Waals surface area contributed by atoms with Crippen LogP contribution in [0.3, 0.4) is 0 Å². The first-order chi connectivity index (χ1) is 5.69. The summed E-state index contributed by atoms with van der Waals surface area (Å²) >= 11 is 3.43. The maximum absolute atomic E-state index is 5.55. The lowest BCUT2D eigenvalue weighted by atomic mass is 10.1. The molecule has 0 aromatic heterocycles. The summed E-state index contributed by atoms with van der Waals surface area (Å²) in [6.07, 6.45) is 0. The lowest BCUT2D eigenvalue weighted by Crippen LogP contribution is -2.00. The lowest BCUT2D eigenvalue weighted by Gasteiger charge is -2.08. The van der Waals surface area contributed by atoms with Gasteiger partial charge in [-0.1, -0.05) is 15.9 Å². The Morgan fingerprint density at radius 3 is 2.54 bits per heavy atom. The predicted octanol–water partition coefficient (Wildman–Crippen LogP) is 2.65. The van der Waals surface area contributed by atoms with E-state index in [-0.39, 0.29) is 12.4 Å². The van der Waals surface area contributed by atoms with Gasteiger partial charge in [0.25, 0.3) is 0 Å². The maximum Gasteiger partial charge on any atom is 0.124 e. The van der Waals surface area contributed by atoms with Crippen LogP contribution in [0.4, 0.5) is 0 Å². The van der Waals surface area contributed by atoms with Crippen molar-refractivity contribution in [3.63, 3.8) is 0 Å². The Morgan fingerprint density at radius 1 is 1.46 bits per heavy atom. The second kappa shape index (κ2) is 5.47. The van der Waals surface area contributed by atoms with E-state index in [1.54, 1.807) is 7.11 Å². The SMILES string of the molecule is COc1cc(Br)c(C)cc1CN.Cl. The molecule has 0 atom stereocenters. The van der Waals surface area contributed by atoms with Crippen LogP contribution in [0.25, 0.3) is 0 Å². The number of hydrogen-bond acceptors (Lipinski definition) is 2. The molecule has 0 fully saturated rings. The minimum absolute atomic E-state index is 0. The minimum atomic E-state index is 0. The maximum atomic E-state index is 5.55. The van der Waals surface area contributed by atoms with Crippen molar-refractivity contribution in [2.24, 2.45) is 5.73 Å². The Labute approximate surface area is 93.0 Å². The van der Waals surface area contributed by atoms with Crippen molar-refractivity contribution in [2.75, 3.05) is 7.11 Å². The highest BCUT2D eigenvalue weighted by Crippen LogP contribution is 2.26. The molecule has 0 saturated carbocycles. The average molecular weight is 267 g/mol. The summed E-state index contributed by atoms with van der Waals surface area (Å²) in [5.74, 6) is 0.843. The molecule has 74 valence electrons. The van der Waals surface area contributed by atoms with Crippen LogP contribution < -0.4 is 10.5 Å². The summed E-state index contributed by atoms with van der Waals surface area (Å²) in [4.78, 5) is 0. The third-order valence-electron chi connectivity index (χ3n) is 1.78. The standard InChI is InChI=1S/C9H12BrNO.ClH/c1-6-3-7(5-11)9(12-2)4-8(6)10;/h3-4H,5,11H2,1-2H3;1H. The molecule has 2 N–H and O–H groups in total. The van der Waals surface area contributed by atoms with Crippen molar-refractivity contribution in [3.8, 4) is 5.75 Å². The molecule has 0 aliphatic heterocycles. The van der Waals surface area contributed by atoms with E-state index in [4.69, 9.17) is 10.5 Å². The number of nitrogens with two attached hydrogens (primary N) is 1. The molecule has 1 rings (SSSR count). The van der Waals surface area contributed by atoms with E-state index in [1.807, 2.05) is 19.1 Å². The van der Waals surface area contributed by atoms with Gasteiger partial charge in [-0.15, -0.1) is 12.4 Å². The molecule has 0 amide bonds. The molecule has 1 aromatic carbocycles. The van der Waals surface area contributed by atoms with Gasteiger partial charge in [0, 0.05) is 16.6 Å². The van der Waals surface area contributed by atoms with Crippen LogP contribution in [-0.4, -0.2) is 7.11 Å². The summed E-state index contributed by atoms with van der Waals surface area (Å²) in [6.45, 7) is 2.54. The van der Waals surface area contributed by atoms with Gasteiger partial charge in [0.15, 0.2) is 0 Å². The first kappa shape index (κ1) is 12.8. The number of rotatable bonds is 2. The molecule has 0 saturated heterocycles. The Morgan fingerprint density at radius 2 is 2.08 bits per heavy atom. The number of ether oxygens (including phenoxy) is 1. The van der Waals surface area contributed by atoms with Gasteiger partial charge >= 0.3 is 0 Å². The summed E-state index contributed by atoms with van der Waals surface area (Å²) in [5.41, 5.74) is 7.77. The van der Waals surface area contributed by atoms with Gasteiger partial charge in [-0.25, -0.2) is 0 Å². The molecule has 0 radical (unpaired) electrons. The first-order valence-electron chi connectivity index (χ1n) is 3.72. The molecule has 0 spiro atoms. The van der Waals surface area contributed by atoms with Crippen LogP contribution in [0.2, 0.25) is 0 Å². The van der Waals surface area contributed by atoms with E-state index in [2.05, 4.69) is 15.9 Å². The third kappa shape index (κ3) is 2.86. The average Bonchev–Trinajstić information content (AvgIpc) is 2.09. The number of benzene rings is 1. The zero-order valence-electron chi connectivity index (χ0n) is 7.63.